The van der Waals surface area contributed by atoms with Gasteiger partial charge in [0.1, 0.15) is 11.1 Å². The van der Waals surface area contributed by atoms with Crippen molar-refractivity contribution in [3.8, 4) is 0 Å². The number of nitrogens with zero attached hydrogens (tertiary/aromatic N) is 3. The molecule has 0 saturated carbocycles. The summed E-state index contributed by atoms with van der Waals surface area (Å²) in [6.07, 6.45) is 0.763. The normalized spacial score (nSPS) is 14.3. The number of ether oxygens (including phenoxy) is 1. The van der Waals surface area contributed by atoms with Crippen LogP contribution < -0.4 is 10.5 Å². The van der Waals surface area contributed by atoms with E-state index in [9.17, 15) is 9.59 Å². The van der Waals surface area contributed by atoms with Crippen molar-refractivity contribution in [2.45, 2.75) is 13.3 Å². The molecule has 0 spiro atoms. The van der Waals surface area contributed by atoms with Gasteiger partial charge in [-0.3, -0.25) is 14.6 Å². The largest absolute Gasteiger partial charge is 0.422 e. The number of para-hydroxylation sites is 1. The summed E-state index contributed by atoms with van der Waals surface area (Å²) in [6.45, 7) is 6.59. The number of carbonyl (C=O) groups is 1. The molecule has 0 unspecified atom stereocenters. The summed E-state index contributed by atoms with van der Waals surface area (Å²) in [6, 6.07) is 14.9. The van der Waals surface area contributed by atoms with Crippen molar-refractivity contribution < 1.29 is 13.9 Å². The van der Waals surface area contributed by atoms with Crippen LogP contribution in [0.3, 0.4) is 0 Å². The molecule has 0 N–H and O–H groups in total. The summed E-state index contributed by atoms with van der Waals surface area (Å²) in [5, 5.41) is 1.31. The smallest absolute Gasteiger partial charge is 0.349 e. The minimum Gasteiger partial charge on any atom is -0.422 e. The predicted molar refractivity (Wildman–Crippen MR) is 138 cm³/mol. The first kappa shape index (κ1) is 24.3. The number of aryl methyl sites for hydroxylation is 1. The van der Waals surface area contributed by atoms with Gasteiger partial charge in [-0.05, 0) is 43.2 Å². The maximum atomic E-state index is 13.6. The summed E-state index contributed by atoms with van der Waals surface area (Å²) in [4.78, 5) is 35.0. The fourth-order valence-electron chi connectivity index (χ4n) is 4.05. The van der Waals surface area contributed by atoms with Gasteiger partial charge in [0.2, 0.25) is 0 Å². The second-order valence-corrected chi connectivity index (χ2v) is 9.23. The Bertz CT molecular complexity index is 1360. The Morgan fingerprint density at radius 1 is 1.15 bits per heavy atom. The lowest BCUT2D eigenvalue weighted by molar-refractivity contribution is 0.0376. The molecular weight excluding hydrogens is 474 g/mol. The average molecular weight is 500 g/mol. The zero-order valence-corrected chi connectivity index (χ0v) is 20.5. The summed E-state index contributed by atoms with van der Waals surface area (Å²) in [5.74, 6) is -0.382. The Labute approximate surface area is 207 Å². The third-order valence-electron chi connectivity index (χ3n) is 5.84. The van der Waals surface area contributed by atoms with E-state index >= 15 is 0 Å². The molecule has 2 aromatic heterocycles. The van der Waals surface area contributed by atoms with Gasteiger partial charge in [0.15, 0.2) is 5.13 Å². The van der Waals surface area contributed by atoms with Crippen molar-refractivity contribution in [2.75, 3.05) is 44.3 Å². The van der Waals surface area contributed by atoms with Gasteiger partial charge in [-0.15, -0.1) is 12.4 Å². The second kappa shape index (κ2) is 10.7. The van der Waals surface area contributed by atoms with Crippen LogP contribution >= 0.6 is 23.7 Å². The first-order chi connectivity index (χ1) is 16.1. The van der Waals surface area contributed by atoms with Crippen molar-refractivity contribution in [1.29, 1.82) is 0 Å². The van der Waals surface area contributed by atoms with E-state index in [1.165, 1.54) is 11.3 Å². The van der Waals surface area contributed by atoms with E-state index in [1.807, 2.05) is 31.2 Å². The first-order valence-corrected chi connectivity index (χ1v) is 11.9. The number of fused-ring (bicyclic) bond motifs is 2. The second-order valence-electron chi connectivity index (χ2n) is 8.22. The molecule has 1 saturated heterocycles. The van der Waals surface area contributed by atoms with Crippen LogP contribution in [-0.2, 0) is 4.74 Å². The minimum absolute atomic E-state index is 0. The van der Waals surface area contributed by atoms with Crippen molar-refractivity contribution >= 4 is 56.0 Å². The van der Waals surface area contributed by atoms with E-state index in [4.69, 9.17) is 14.1 Å². The molecule has 2 aromatic carbocycles. The Hall–Kier alpha value is -2.78. The molecule has 9 heteroatoms. The Balaban J connectivity index is 0.00000274. The zero-order valence-electron chi connectivity index (χ0n) is 18.9. The molecule has 5 rings (SSSR count). The quantitative estimate of drug-likeness (QED) is 0.363. The number of anilines is 1. The maximum Gasteiger partial charge on any atom is 0.349 e. The van der Waals surface area contributed by atoms with E-state index in [2.05, 4.69) is 11.0 Å². The SMILES string of the molecule is Cc1ccc2nc(N(CCCN3CCOCC3)C(=O)c3cc4ccccc4oc3=O)sc2c1.Cl. The van der Waals surface area contributed by atoms with Gasteiger partial charge in [-0.25, -0.2) is 9.78 Å². The van der Waals surface area contributed by atoms with E-state index in [0.717, 1.165) is 55.0 Å². The standard InChI is InChI=1S/C25H25N3O4S.ClH/c1-17-7-8-20-22(15-17)33-25(26-20)28(10-4-9-27-11-13-31-14-12-27)23(29)19-16-18-5-2-3-6-21(18)32-24(19)30;/h2-3,5-8,15-16H,4,9-14H2,1H3;1H. The third kappa shape index (κ3) is 5.15. The molecule has 3 heterocycles. The van der Waals surface area contributed by atoms with E-state index in [-0.39, 0.29) is 23.9 Å². The third-order valence-corrected chi connectivity index (χ3v) is 6.88. The number of thiazole rings is 1. The highest BCUT2D eigenvalue weighted by Gasteiger charge is 2.25. The van der Waals surface area contributed by atoms with Crippen molar-refractivity contribution in [3.63, 3.8) is 0 Å². The van der Waals surface area contributed by atoms with E-state index in [0.29, 0.717) is 22.6 Å². The fraction of sp³-hybridized carbons (Fsp3) is 0.320. The van der Waals surface area contributed by atoms with Crippen LogP contribution in [0, 0.1) is 6.92 Å². The summed E-state index contributed by atoms with van der Waals surface area (Å²) in [5.41, 5.74) is 1.84. The van der Waals surface area contributed by atoms with Gasteiger partial charge < -0.3 is 9.15 Å². The van der Waals surface area contributed by atoms with Crippen LogP contribution in [0.1, 0.15) is 22.3 Å². The minimum atomic E-state index is -0.631. The predicted octanol–water partition coefficient (Wildman–Crippen LogP) is 4.50. The number of aromatic nitrogens is 1. The Kier molecular flexibility index (Phi) is 7.63. The monoisotopic (exact) mass is 499 g/mol. The van der Waals surface area contributed by atoms with Crippen LogP contribution in [0.25, 0.3) is 21.2 Å². The lowest BCUT2D eigenvalue weighted by atomic mass is 10.1. The van der Waals surface area contributed by atoms with Crippen molar-refractivity contribution in [2.24, 2.45) is 0 Å². The zero-order chi connectivity index (χ0) is 22.8. The van der Waals surface area contributed by atoms with Gasteiger partial charge in [0.05, 0.1) is 23.4 Å². The molecule has 1 aliphatic rings. The van der Waals surface area contributed by atoms with Gasteiger partial charge >= 0.3 is 5.63 Å². The molecule has 1 fully saturated rings. The molecular formula is C25H26ClN3O4S. The van der Waals surface area contributed by atoms with Crippen LogP contribution in [0.4, 0.5) is 5.13 Å². The van der Waals surface area contributed by atoms with Gasteiger partial charge in [-0.2, -0.15) is 0 Å². The van der Waals surface area contributed by atoms with Crippen molar-refractivity contribution in [3.05, 3.63) is 70.1 Å². The lowest BCUT2D eigenvalue weighted by Crippen LogP contribution is -2.40. The molecule has 34 heavy (non-hydrogen) atoms. The molecule has 7 nitrogen and oxygen atoms in total. The number of morpholine rings is 1. The summed E-state index contributed by atoms with van der Waals surface area (Å²) >= 11 is 1.47. The van der Waals surface area contributed by atoms with Crippen LogP contribution in [0.5, 0.6) is 0 Å². The maximum absolute atomic E-state index is 13.6. The van der Waals surface area contributed by atoms with Crippen LogP contribution in [0.15, 0.2) is 57.7 Å². The molecule has 178 valence electrons. The number of hydrogen-bond donors (Lipinski definition) is 0. The lowest BCUT2D eigenvalue weighted by Gasteiger charge is -2.27. The van der Waals surface area contributed by atoms with Gasteiger partial charge in [0, 0.05) is 31.6 Å². The summed E-state index contributed by atoms with van der Waals surface area (Å²) < 4.78 is 11.9. The molecule has 0 radical (unpaired) electrons. The van der Waals surface area contributed by atoms with Crippen LogP contribution in [0.2, 0.25) is 0 Å². The number of hydrogen-bond acceptors (Lipinski definition) is 7. The average Bonchev–Trinajstić information content (AvgIpc) is 3.24. The molecule has 1 aliphatic heterocycles. The molecule has 1 amide bonds. The molecule has 0 aliphatic carbocycles. The van der Waals surface area contributed by atoms with E-state index < -0.39 is 5.63 Å². The molecule has 0 atom stereocenters. The number of benzene rings is 2. The van der Waals surface area contributed by atoms with Crippen LogP contribution in [-0.4, -0.2) is 55.2 Å². The topological polar surface area (TPSA) is 75.9 Å². The Morgan fingerprint density at radius 2 is 1.94 bits per heavy atom. The summed E-state index contributed by atoms with van der Waals surface area (Å²) in [7, 11) is 0. The highest BCUT2D eigenvalue weighted by molar-refractivity contribution is 7.22. The highest BCUT2D eigenvalue weighted by Crippen LogP contribution is 2.30. The van der Waals surface area contributed by atoms with Crippen molar-refractivity contribution in [1.82, 2.24) is 9.88 Å². The fourth-order valence-corrected chi connectivity index (χ4v) is 5.14. The number of carbonyl (C=O) groups excluding carboxylic acids is 1. The van der Waals surface area contributed by atoms with Gasteiger partial charge in [0.25, 0.3) is 5.91 Å². The Morgan fingerprint density at radius 3 is 2.76 bits per heavy atom. The van der Waals surface area contributed by atoms with E-state index in [1.54, 1.807) is 23.1 Å². The molecule has 4 aromatic rings. The van der Waals surface area contributed by atoms with Gasteiger partial charge in [-0.1, -0.05) is 35.6 Å². The highest BCUT2D eigenvalue weighted by atomic mass is 35.5. The first-order valence-electron chi connectivity index (χ1n) is 11.1. The number of halogens is 1. The number of amides is 1. The molecule has 0 bridgehead atoms. The number of rotatable bonds is 6.